The van der Waals surface area contributed by atoms with E-state index in [2.05, 4.69) is 5.32 Å². The number of hydrogen-bond acceptors (Lipinski definition) is 4. The minimum absolute atomic E-state index is 0.0350. The van der Waals surface area contributed by atoms with Crippen LogP contribution in [-0.4, -0.2) is 37.8 Å². The van der Waals surface area contributed by atoms with Crippen molar-refractivity contribution in [3.8, 4) is 0 Å². The number of amides is 2. The van der Waals surface area contributed by atoms with Gasteiger partial charge in [-0.05, 0) is 24.3 Å². The van der Waals surface area contributed by atoms with Crippen LogP contribution in [0.3, 0.4) is 0 Å². The van der Waals surface area contributed by atoms with Crippen molar-refractivity contribution >= 4 is 33.0 Å². The molecule has 112 valence electrons. The Morgan fingerprint density at radius 3 is 2.52 bits per heavy atom. The third kappa shape index (κ3) is 2.65. The molecular formula is C14H16N2O4S. The highest BCUT2D eigenvalue weighted by atomic mass is 32.2. The molecule has 0 spiro atoms. The number of nitrogens with zero attached hydrogens (tertiary/aromatic N) is 1. The molecule has 2 fully saturated rings. The van der Waals surface area contributed by atoms with Gasteiger partial charge in [0.1, 0.15) is 0 Å². The van der Waals surface area contributed by atoms with Gasteiger partial charge in [0.15, 0.2) is 9.84 Å². The molecule has 2 amide bonds. The van der Waals surface area contributed by atoms with Crippen LogP contribution in [-0.2, 0) is 19.4 Å². The van der Waals surface area contributed by atoms with Crippen molar-refractivity contribution in [1.82, 2.24) is 0 Å². The van der Waals surface area contributed by atoms with E-state index in [1.165, 1.54) is 6.92 Å². The number of sulfone groups is 1. The first kappa shape index (κ1) is 14.1. The van der Waals surface area contributed by atoms with Gasteiger partial charge < -0.3 is 10.2 Å². The van der Waals surface area contributed by atoms with Crippen LogP contribution in [0.1, 0.15) is 13.3 Å². The van der Waals surface area contributed by atoms with E-state index in [1.807, 2.05) is 0 Å². The second kappa shape index (κ2) is 4.84. The van der Waals surface area contributed by atoms with Crippen LogP contribution in [0.4, 0.5) is 11.4 Å². The fraction of sp³-hybridized carbons (Fsp3) is 0.429. The van der Waals surface area contributed by atoms with Gasteiger partial charge in [0, 0.05) is 30.6 Å². The van der Waals surface area contributed by atoms with Crippen molar-refractivity contribution in [2.75, 3.05) is 21.7 Å². The summed E-state index contributed by atoms with van der Waals surface area (Å²) in [6.45, 7) is 1.42. The standard InChI is InChI=1S/C14H16N2O4S/c1-9(17)15-11-2-4-12(5-3-11)16-13-8-21(19,20)7-10(13)6-14(16)18/h2-5,10,13H,6-8H2,1H3,(H,15,17)/t10-,13-/m1/s1. The Labute approximate surface area is 123 Å². The minimum Gasteiger partial charge on any atom is -0.326 e. The molecule has 2 saturated heterocycles. The average molecular weight is 308 g/mol. The summed E-state index contributed by atoms with van der Waals surface area (Å²) in [6, 6.07) is 6.63. The first-order valence-corrected chi connectivity index (χ1v) is 8.58. The molecule has 0 unspecified atom stereocenters. The van der Waals surface area contributed by atoms with Crippen molar-refractivity contribution in [3.05, 3.63) is 24.3 Å². The lowest BCUT2D eigenvalue weighted by molar-refractivity contribution is -0.117. The van der Waals surface area contributed by atoms with Crippen LogP contribution in [0.15, 0.2) is 24.3 Å². The highest BCUT2D eigenvalue weighted by Crippen LogP contribution is 2.37. The lowest BCUT2D eigenvalue weighted by Gasteiger charge is -2.23. The highest BCUT2D eigenvalue weighted by molar-refractivity contribution is 7.91. The SMILES string of the molecule is CC(=O)Nc1ccc(N2C(=O)C[C@@H]3CS(=O)(=O)C[C@H]32)cc1. The maximum atomic E-state index is 12.1. The molecule has 0 saturated carbocycles. The zero-order valence-electron chi connectivity index (χ0n) is 11.6. The quantitative estimate of drug-likeness (QED) is 0.875. The number of rotatable bonds is 2. The summed E-state index contributed by atoms with van der Waals surface area (Å²) < 4.78 is 23.4. The summed E-state index contributed by atoms with van der Waals surface area (Å²) in [5.74, 6) is -0.160. The van der Waals surface area contributed by atoms with Crippen molar-refractivity contribution in [1.29, 1.82) is 0 Å². The maximum Gasteiger partial charge on any atom is 0.227 e. The summed E-state index contributed by atoms with van der Waals surface area (Å²) in [7, 11) is -3.04. The molecular weight excluding hydrogens is 292 g/mol. The summed E-state index contributed by atoms with van der Waals surface area (Å²) >= 11 is 0. The molecule has 1 aromatic carbocycles. The average Bonchev–Trinajstić information content (AvgIpc) is 2.80. The van der Waals surface area contributed by atoms with Gasteiger partial charge in [-0.1, -0.05) is 0 Å². The molecule has 1 N–H and O–H groups in total. The molecule has 6 nitrogen and oxygen atoms in total. The maximum absolute atomic E-state index is 12.1. The number of anilines is 2. The van der Waals surface area contributed by atoms with Gasteiger partial charge in [0.25, 0.3) is 0 Å². The van der Waals surface area contributed by atoms with Crippen LogP contribution in [0.2, 0.25) is 0 Å². The summed E-state index contributed by atoms with van der Waals surface area (Å²) in [4.78, 5) is 24.7. The molecule has 0 radical (unpaired) electrons. The van der Waals surface area contributed by atoms with E-state index in [1.54, 1.807) is 29.2 Å². The third-order valence-electron chi connectivity index (χ3n) is 3.94. The smallest absolute Gasteiger partial charge is 0.227 e. The Balaban J connectivity index is 1.85. The molecule has 21 heavy (non-hydrogen) atoms. The Hall–Kier alpha value is -1.89. The summed E-state index contributed by atoms with van der Waals surface area (Å²) in [5, 5.41) is 2.65. The zero-order valence-corrected chi connectivity index (χ0v) is 12.4. The molecule has 0 aromatic heterocycles. The van der Waals surface area contributed by atoms with Gasteiger partial charge in [-0.25, -0.2) is 8.42 Å². The number of fused-ring (bicyclic) bond motifs is 1. The van der Waals surface area contributed by atoms with E-state index in [-0.39, 0.29) is 41.7 Å². The first-order valence-electron chi connectivity index (χ1n) is 6.76. The normalized spacial score (nSPS) is 26.7. The van der Waals surface area contributed by atoms with Gasteiger partial charge in [-0.15, -0.1) is 0 Å². The first-order chi connectivity index (χ1) is 9.85. The molecule has 3 rings (SSSR count). The molecule has 0 aliphatic carbocycles. The Bertz CT molecular complexity index is 696. The van der Waals surface area contributed by atoms with Crippen LogP contribution >= 0.6 is 0 Å². The predicted molar refractivity (Wildman–Crippen MR) is 78.8 cm³/mol. The highest BCUT2D eigenvalue weighted by Gasteiger charge is 2.49. The number of benzene rings is 1. The molecule has 0 bridgehead atoms. The fourth-order valence-corrected chi connectivity index (χ4v) is 5.20. The van der Waals surface area contributed by atoms with Crippen LogP contribution in [0.5, 0.6) is 0 Å². The van der Waals surface area contributed by atoms with E-state index < -0.39 is 9.84 Å². The van der Waals surface area contributed by atoms with Crippen molar-refractivity contribution < 1.29 is 18.0 Å². The van der Waals surface area contributed by atoms with Crippen LogP contribution in [0, 0.1) is 5.92 Å². The van der Waals surface area contributed by atoms with Crippen molar-refractivity contribution in [2.45, 2.75) is 19.4 Å². The zero-order chi connectivity index (χ0) is 15.2. The summed E-state index contributed by atoms with van der Waals surface area (Å²) in [5.41, 5.74) is 1.33. The van der Waals surface area contributed by atoms with E-state index in [0.29, 0.717) is 11.4 Å². The van der Waals surface area contributed by atoms with Crippen molar-refractivity contribution in [3.63, 3.8) is 0 Å². The van der Waals surface area contributed by atoms with Gasteiger partial charge in [-0.3, -0.25) is 9.59 Å². The van der Waals surface area contributed by atoms with Crippen molar-refractivity contribution in [2.24, 2.45) is 5.92 Å². The number of carbonyl (C=O) groups excluding carboxylic acids is 2. The minimum atomic E-state index is -3.04. The number of hydrogen-bond donors (Lipinski definition) is 1. The van der Waals surface area contributed by atoms with E-state index >= 15 is 0 Å². The molecule has 2 atom stereocenters. The monoisotopic (exact) mass is 308 g/mol. The second-order valence-electron chi connectivity index (χ2n) is 5.60. The molecule has 2 aliphatic heterocycles. The Morgan fingerprint density at radius 2 is 1.90 bits per heavy atom. The van der Waals surface area contributed by atoms with Crippen LogP contribution in [0.25, 0.3) is 0 Å². The van der Waals surface area contributed by atoms with Gasteiger partial charge >= 0.3 is 0 Å². The third-order valence-corrected chi connectivity index (χ3v) is 5.73. The lowest BCUT2D eigenvalue weighted by Crippen LogP contribution is -2.36. The van der Waals surface area contributed by atoms with E-state index in [4.69, 9.17) is 0 Å². The van der Waals surface area contributed by atoms with Gasteiger partial charge in [-0.2, -0.15) is 0 Å². The molecule has 2 aliphatic rings. The van der Waals surface area contributed by atoms with Crippen LogP contribution < -0.4 is 10.2 Å². The fourth-order valence-electron chi connectivity index (χ4n) is 3.13. The summed E-state index contributed by atoms with van der Waals surface area (Å²) in [6.07, 6.45) is 0.289. The van der Waals surface area contributed by atoms with E-state index in [9.17, 15) is 18.0 Å². The lowest BCUT2D eigenvalue weighted by atomic mass is 10.0. The Morgan fingerprint density at radius 1 is 1.24 bits per heavy atom. The number of nitrogens with one attached hydrogen (secondary N) is 1. The topological polar surface area (TPSA) is 83.6 Å². The molecule has 7 heteroatoms. The van der Waals surface area contributed by atoms with Gasteiger partial charge in [0.05, 0.1) is 17.5 Å². The Kier molecular flexibility index (Phi) is 3.24. The second-order valence-corrected chi connectivity index (χ2v) is 7.75. The predicted octanol–water partition coefficient (Wildman–Crippen LogP) is 0.795. The van der Waals surface area contributed by atoms with E-state index in [0.717, 1.165) is 0 Å². The molecule has 1 aromatic rings. The number of carbonyl (C=O) groups is 2. The molecule has 2 heterocycles. The van der Waals surface area contributed by atoms with Gasteiger partial charge in [0.2, 0.25) is 11.8 Å². The largest absolute Gasteiger partial charge is 0.326 e.